The minimum atomic E-state index is -0.0291. The van der Waals surface area contributed by atoms with E-state index in [2.05, 4.69) is 54.8 Å². The molecule has 0 N–H and O–H groups in total. The maximum Gasteiger partial charge on any atom is 0.311 e. The quantitative estimate of drug-likeness (QED) is 0.548. The molecule has 2 aliphatic carbocycles. The van der Waals surface area contributed by atoms with Crippen LogP contribution in [0.25, 0.3) is 0 Å². The molecule has 6 rings (SSSR count). The second kappa shape index (κ2) is 6.95. The van der Waals surface area contributed by atoms with Gasteiger partial charge >= 0.3 is 5.97 Å². The molecule has 1 aromatic rings. The van der Waals surface area contributed by atoms with Crippen molar-refractivity contribution in [2.75, 3.05) is 37.6 Å². The Labute approximate surface area is 186 Å². The van der Waals surface area contributed by atoms with Gasteiger partial charge in [0, 0.05) is 49.7 Å². The molecular weight excluding hydrogens is 388 g/mol. The zero-order valence-electron chi connectivity index (χ0n) is 19.2. The predicted molar refractivity (Wildman–Crippen MR) is 120 cm³/mol. The van der Waals surface area contributed by atoms with Gasteiger partial charge in [-0.25, -0.2) is 0 Å². The Kier molecular flexibility index (Phi) is 4.50. The number of carbonyl (C=O) groups is 1. The minimum absolute atomic E-state index is 0.00249. The second-order valence-electron chi connectivity index (χ2n) is 11.2. The number of aryl methyl sites for hydroxylation is 1. The minimum Gasteiger partial charge on any atom is -0.462 e. The van der Waals surface area contributed by atoms with Gasteiger partial charge in [0.1, 0.15) is 11.7 Å². The van der Waals surface area contributed by atoms with E-state index >= 15 is 0 Å². The maximum absolute atomic E-state index is 13.0. The number of piperazine rings is 1. The van der Waals surface area contributed by atoms with E-state index in [-0.39, 0.29) is 41.0 Å². The molecule has 5 nitrogen and oxygen atoms in total. The summed E-state index contributed by atoms with van der Waals surface area (Å²) < 4.78 is 12.6. The number of ether oxygens (including phenoxy) is 2. The molecule has 31 heavy (non-hydrogen) atoms. The van der Waals surface area contributed by atoms with E-state index in [1.54, 1.807) is 0 Å². The van der Waals surface area contributed by atoms with E-state index in [4.69, 9.17) is 9.47 Å². The topological polar surface area (TPSA) is 45.3 Å². The summed E-state index contributed by atoms with van der Waals surface area (Å²) in [5, 5.41) is 0. The van der Waals surface area contributed by atoms with E-state index in [1.165, 1.54) is 30.5 Å². The highest BCUT2D eigenvalue weighted by Crippen LogP contribution is 2.70. The number of anilines is 1. The lowest BCUT2D eigenvalue weighted by Gasteiger charge is -2.49. The van der Waals surface area contributed by atoms with Gasteiger partial charge in [0.2, 0.25) is 0 Å². The summed E-state index contributed by atoms with van der Waals surface area (Å²) in [5.74, 6) is 0.831. The number of hydrogen-bond donors (Lipinski definition) is 0. The molecule has 7 atom stereocenters. The van der Waals surface area contributed by atoms with Crippen LogP contribution in [0.3, 0.4) is 0 Å². The molecule has 0 aromatic heterocycles. The van der Waals surface area contributed by atoms with Gasteiger partial charge in [0.15, 0.2) is 0 Å². The average Bonchev–Trinajstić information content (AvgIpc) is 3.43. The number of nitrogens with zero attached hydrogens (tertiary/aromatic N) is 2. The molecule has 3 saturated heterocycles. The van der Waals surface area contributed by atoms with Crippen LogP contribution in [0.1, 0.15) is 45.1 Å². The molecule has 1 aromatic carbocycles. The molecule has 5 fully saturated rings. The SMILES string of the molecule is Cc1cccc(N2CCN(C[C@H]3C(=O)O[C@@H]4C[C@@]5(C)CCC[C@H](C)[C@]56O[C@@H]6[C@@H]43)CC2)c1. The zero-order chi connectivity index (χ0) is 21.4. The van der Waals surface area contributed by atoms with Crippen molar-refractivity contribution in [2.45, 2.75) is 64.3 Å². The number of rotatable bonds is 3. The van der Waals surface area contributed by atoms with E-state index in [0.717, 1.165) is 39.1 Å². The molecule has 0 radical (unpaired) electrons. The predicted octanol–water partition coefficient (Wildman–Crippen LogP) is 3.64. The van der Waals surface area contributed by atoms with E-state index in [0.29, 0.717) is 5.92 Å². The van der Waals surface area contributed by atoms with Gasteiger partial charge < -0.3 is 14.4 Å². The van der Waals surface area contributed by atoms with Crippen molar-refractivity contribution in [1.82, 2.24) is 4.90 Å². The van der Waals surface area contributed by atoms with Gasteiger partial charge in [-0.05, 0) is 49.8 Å². The molecule has 5 aliphatic rings. The summed E-state index contributed by atoms with van der Waals surface area (Å²) in [6, 6.07) is 8.76. The smallest absolute Gasteiger partial charge is 0.311 e. The zero-order valence-corrected chi connectivity index (χ0v) is 19.2. The lowest BCUT2D eigenvalue weighted by Crippen LogP contribution is -2.55. The first kappa shape index (κ1) is 20.0. The Hall–Kier alpha value is -1.59. The molecule has 1 spiro atoms. The molecule has 0 unspecified atom stereocenters. The van der Waals surface area contributed by atoms with Crippen LogP contribution < -0.4 is 4.90 Å². The summed E-state index contributed by atoms with van der Waals surface area (Å²) in [4.78, 5) is 17.9. The van der Waals surface area contributed by atoms with Gasteiger partial charge in [0.25, 0.3) is 0 Å². The standard InChI is InChI=1S/C26H36N2O3/c1-17-6-4-8-19(14-17)28-12-10-27(11-13-28)16-20-22-21(30-24(20)29)15-25(3)9-5-7-18(2)26(25)23(22)31-26/h4,6,8,14,18,20-23H,5,7,9-13,15-16H2,1-3H3/t18-,20+,21+,22+,23+,25+,26+/m0/s1. The number of fused-ring (bicyclic) bond motifs is 2. The number of epoxide rings is 1. The van der Waals surface area contributed by atoms with Crippen molar-refractivity contribution in [3.8, 4) is 0 Å². The molecule has 0 bridgehead atoms. The van der Waals surface area contributed by atoms with Crippen LogP contribution in [0, 0.1) is 30.1 Å². The van der Waals surface area contributed by atoms with Gasteiger partial charge in [-0.15, -0.1) is 0 Å². The lowest BCUT2D eigenvalue weighted by atomic mass is 9.53. The summed E-state index contributed by atoms with van der Waals surface area (Å²) in [6.07, 6.45) is 5.00. The first-order valence-corrected chi connectivity index (χ1v) is 12.3. The fourth-order valence-electron chi connectivity index (χ4n) is 7.73. The number of carbonyl (C=O) groups excluding carboxylic acids is 1. The third-order valence-electron chi connectivity index (χ3n) is 9.39. The van der Waals surface area contributed by atoms with Gasteiger partial charge in [0.05, 0.1) is 12.0 Å². The van der Waals surface area contributed by atoms with E-state index in [9.17, 15) is 4.79 Å². The Morgan fingerprint density at radius 2 is 2.00 bits per heavy atom. The molecule has 3 heterocycles. The van der Waals surface area contributed by atoms with Crippen LogP contribution in [0.4, 0.5) is 5.69 Å². The van der Waals surface area contributed by atoms with E-state index in [1.807, 2.05) is 0 Å². The number of esters is 1. The normalized spacial score (nSPS) is 44.3. The summed E-state index contributed by atoms with van der Waals surface area (Å²) in [6.45, 7) is 11.8. The lowest BCUT2D eigenvalue weighted by molar-refractivity contribution is -0.146. The third kappa shape index (κ3) is 2.92. The van der Waals surface area contributed by atoms with Crippen LogP contribution >= 0.6 is 0 Å². The van der Waals surface area contributed by atoms with E-state index < -0.39 is 0 Å². The highest BCUT2D eigenvalue weighted by atomic mass is 16.6. The Bertz CT molecular complexity index is 881. The molecule has 3 aliphatic heterocycles. The summed E-state index contributed by atoms with van der Waals surface area (Å²) in [7, 11) is 0. The maximum atomic E-state index is 13.0. The van der Waals surface area contributed by atoms with Crippen molar-refractivity contribution < 1.29 is 14.3 Å². The number of benzene rings is 1. The first-order valence-electron chi connectivity index (χ1n) is 12.3. The Morgan fingerprint density at radius 1 is 1.19 bits per heavy atom. The second-order valence-corrected chi connectivity index (χ2v) is 11.2. The highest BCUT2D eigenvalue weighted by molar-refractivity contribution is 5.76. The van der Waals surface area contributed by atoms with Crippen LogP contribution in [-0.4, -0.2) is 61.4 Å². The first-order chi connectivity index (χ1) is 14.9. The fraction of sp³-hybridized carbons (Fsp3) is 0.731. The van der Waals surface area contributed by atoms with Crippen molar-refractivity contribution in [3.63, 3.8) is 0 Å². The summed E-state index contributed by atoms with van der Waals surface area (Å²) >= 11 is 0. The van der Waals surface area contributed by atoms with Crippen molar-refractivity contribution in [1.29, 1.82) is 0 Å². The van der Waals surface area contributed by atoms with Crippen molar-refractivity contribution in [2.24, 2.45) is 23.2 Å². The Morgan fingerprint density at radius 3 is 2.77 bits per heavy atom. The van der Waals surface area contributed by atoms with Crippen LogP contribution in [-0.2, 0) is 14.3 Å². The summed E-state index contributed by atoms with van der Waals surface area (Å²) in [5.41, 5.74) is 2.79. The van der Waals surface area contributed by atoms with Crippen LogP contribution in [0.2, 0.25) is 0 Å². The third-order valence-corrected chi connectivity index (χ3v) is 9.39. The highest BCUT2D eigenvalue weighted by Gasteiger charge is 2.78. The van der Waals surface area contributed by atoms with Crippen molar-refractivity contribution in [3.05, 3.63) is 29.8 Å². The number of hydrogen-bond acceptors (Lipinski definition) is 5. The van der Waals surface area contributed by atoms with Gasteiger partial charge in [-0.2, -0.15) is 0 Å². The largest absolute Gasteiger partial charge is 0.462 e. The van der Waals surface area contributed by atoms with Crippen LogP contribution in [0.5, 0.6) is 0 Å². The van der Waals surface area contributed by atoms with Gasteiger partial charge in [-0.1, -0.05) is 32.4 Å². The molecular formula is C26H36N2O3. The van der Waals surface area contributed by atoms with Gasteiger partial charge in [-0.3, -0.25) is 9.69 Å². The van der Waals surface area contributed by atoms with Crippen molar-refractivity contribution >= 4 is 11.7 Å². The fourth-order valence-corrected chi connectivity index (χ4v) is 7.73. The molecule has 5 heteroatoms. The molecule has 168 valence electrons. The molecule has 0 amide bonds. The monoisotopic (exact) mass is 424 g/mol. The average molecular weight is 425 g/mol. The Balaban J connectivity index is 1.14. The van der Waals surface area contributed by atoms with Crippen LogP contribution in [0.15, 0.2) is 24.3 Å². The molecule has 2 saturated carbocycles.